The van der Waals surface area contributed by atoms with Gasteiger partial charge in [-0.25, -0.2) is 0 Å². The van der Waals surface area contributed by atoms with Crippen molar-refractivity contribution in [2.24, 2.45) is 0 Å². The first-order valence-electron chi connectivity index (χ1n) is 7.07. The highest BCUT2D eigenvalue weighted by atomic mass is 16.5. The van der Waals surface area contributed by atoms with Crippen molar-refractivity contribution in [3.63, 3.8) is 0 Å². The summed E-state index contributed by atoms with van der Waals surface area (Å²) < 4.78 is 15.4. The topological polar surface area (TPSA) is 93.4 Å². The molecule has 0 spiro atoms. The molecule has 0 unspecified atom stereocenters. The Labute approximate surface area is 133 Å². The maximum atomic E-state index is 12.1. The van der Waals surface area contributed by atoms with Crippen LogP contribution in [-0.4, -0.2) is 37.5 Å². The second kappa shape index (κ2) is 7.04. The lowest BCUT2D eigenvalue weighted by molar-refractivity contribution is -0.140. The molecule has 0 saturated carbocycles. The quantitative estimate of drug-likeness (QED) is 0.791. The summed E-state index contributed by atoms with van der Waals surface area (Å²) in [5, 5.41) is 5.32. The third-order valence-corrected chi connectivity index (χ3v) is 3.78. The Morgan fingerprint density at radius 3 is 2.43 bits per heavy atom. The molecule has 23 heavy (non-hydrogen) atoms. The average molecular weight is 320 g/mol. The minimum atomic E-state index is -0.488. The van der Waals surface area contributed by atoms with Crippen molar-refractivity contribution in [3.8, 4) is 11.5 Å². The normalized spacial score (nSPS) is 11.8. The summed E-state index contributed by atoms with van der Waals surface area (Å²) in [6.07, 6.45) is 0.0287. The van der Waals surface area contributed by atoms with Gasteiger partial charge in [-0.05, 0) is 13.0 Å². The number of carbonyl (C=O) groups is 1. The number of nitrogens with one attached hydrogen (secondary N) is 2. The zero-order chi connectivity index (χ0) is 17.0. The fraction of sp³-hybridized carbons (Fsp3) is 0.375. The number of carbonyl (C=O) groups excluding carboxylic acids is 1. The highest BCUT2D eigenvalue weighted by molar-refractivity contribution is 5.71. The van der Waals surface area contributed by atoms with Gasteiger partial charge < -0.3 is 19.3 Å². The Kier molecular flexibility index (Phi) is 5.10. The number of esters is 1. The van der Waals surface area contributed by atoms with E-state index in [-0.39, 0.29) is 12.0 Å². The number of methoxy groups -OCH3 is 3. The molecule has 2 aromatic rings. The molecule has 0 aliphatic heterocycles. The monoisotopic (exact) mass is 320 g/mol. The third-order valence-electron chi connectivity index (χ3n) is 3.78. The summed E-state index contributed by atoms with van der Waals surface area (Å²) in [4.78, 5) is 24.0. The van der Waals surface area contributed by atoms with Crippen molar-refractivity contribution in [1.82, 2.24) is 10.2 Å². The second-order valence-corrected chi connectivity index (χ2v) is 5.06. The maximum absolute atomic E-state index is 12.1. The van der Waals surface area contributed by atoms with Gasteiger partial charge >= 0.3 is 5.97 Å². The lowest BCUT2D eigenvalue weighted by atomic mass is 9.88. The summed E-state index contributed by atoms with van der Waals surface area (Å²) in [5.41, 5.74) is 1.60. The molecule has 1 heterocycles. The summed E-state index contributed by atoms with van der Waals surface area (Å²) in [6, 6.07) is 5.27. The SMILES string of the molecule is COC(=O)C[C@@H](c1ccc(OC)cc1OC)c1c(C)[nH][nH]c1=O. The van der Waals surface area contributed by atoms with E-state index in [1.54, 1.807) is 32.2 Å². The number of aromatic amines is 2. The fourth-order valence-corrected chi connectivity index (χ4v) is 2.60. The van der Waals surface area contributed by atoms with Crippen molar-refractivity contribution < 1.29 is 19.0 Å². The number of aryl methyl sites for hydroxylation is 1. The van der Waals surface area contributed by atoms with E-state index in [4.69, 9.17) is 14.2 Å². The molecule has 2 N–H and O–H groups in total. The molecule has 0 bridgehead atoms. The largest absolute Gasteiger partial charge is 0.497 e. The van der Waals surface area contributed by atoms with Crippen LogP contribution in [0.1, 0.15) is 29.2 Å². The molecule has 1 aromatic heterocycles. The Hall–Kier alpha value is -2.70. The molecule has 0 saturated heterocycles. The van der Waals surface area contributed by atoms with Gasteiger partial charge in [-0.3, -0.25) is 14.7 Å². The van der Waals surface area contributed by atoms with Crippen LogP contribution in [0.3, 0.4) is 0 Å². The summed E-state index contributed by atoms with van der Waals surface area (Å²) >= 11 is 0. The van der Waals surface area contributed by atoms with Gasteiger partial charge in [0.05, 0.1) is 27.8 Å². The zero-order valence-electron chi connectivity index (χ0n) is 13.6. The van der Waals surface area contributed by atoms with Gasteiger partial charge in [0.1, 0.15) is 11.5 Å². The standard InChI is InChI=1S/C16H20N2O5/c1-9-15(16(20)18-17-9)12(8-14(19)23-4)11-6-5-10(21-2)7-13(11)22-3/h5-7,12H,8H2,1-4H3,(H2,17,18,20)/t12-/m0/s1. The molecule has 0 amide bonds. The van der Waals surface area contributed by atoms with E-state index in [0.29, 0.717) is 28.3 Å². The van der Waals surface area contributed by atoms with Crippen molar-refractivity contribution in [3.05, 3.63) is 45.4 Å². The predicted molar refractivity (Wildman–Crippen MR) is 84.2 cm³/mol. The molecule has 0 aliphatic carbocycles. The number of aromatic nitrogens is 2. The lowest BCUT2D eigenvalue weighted by Crippen LogP contribution is -2.18. The average Bonchev–Trinajstić information content (AvgIpc) is 2.90. The number of H-pyrrole nitrogens is 2. The van der Waals surface area contributed by atoms with Gasteiger partial charge in [0.2, 0.25) is 0 Å². The molecular weight excluding hydrogens is 300 g/mol. The first kappa shape index (κ1) is 16.7. The van der Waals surface area contributed by atoms with E-state index in [9.17, 15) is 9.59 Å². The Bertz CT molecular complexity index is 747. The minimum absolute atomic E-state index is 0.0287. The molecule has 124 valence electrons. The summed E-state index contributed by atoms with van der Waals surface area (Å²) in [7, 11) is 4.40. The van der Waals surface area contributed by atoms with Crippen molar-refractivity contribution >= 4 is 5.97 Å². The van der Waals surface area contributed by atoms with Crippen LogP contribution in [0, 0.1) is 6.92 Å². The predicted octanol–water partition coefficient (Wildman–Crippen LogP) is 1.72. The molecule has 7 heteroatoms. The first-order chi connectivity index (χ1) is 11.0. The van der Waals surface area contributed by atoms with E-state index in [2.05, 4.69) is 10.2 Å². The van der Waals surface area contributed by atoms with Gasteiger partial charge in [0.15, 0.2) is 0 Å². The highest BCUT2D eigenvalue weighted by Gasteiger charge is 2.27. The van der Waals surface area contributed by atoms with Crippen LogP contribution in [0.15, 0.2) is 23.0 Å². The zero-order valence-corrected chi connectivity index (χ0v) is 13.6. The van der Waals surface area contributed by atoms with Crippen LogP contribution in [0.2, 0.25) is 0 Å². The first-order valence-corrected chi connectivity index (χ1v) is 7.07. The summed E-state index contributed by atoms with van der Waals surface area (Å²) in [5.74, 6) is 0.270. The van der Waals surface area contributed by atoms with Crippen molar-refractivity contribution in [1.29, 1.82) is 0 Å². The molecule has 1 atom stereocenters. The van der Waals surface area contributed by atoms with E-state index < -0.39 is 11.9 Å². The van der Waals surface area contributed by atoms with E-state index in [1.807, 2.05) is 0 Å². The maximum Gasteiger partial charge on any atom is 0.306 e. The van der Waals surface area contributed by atoms with Crippen LogP contribution >= 0.6 is 0 Å². The molecule has 2 rings (SSSR count). The number of hydrogen-bond donors (Lipinski definition) is 2. The van der Waals surface area contributed by atoms with Gasteiger partial charge in [-0.1, -0.05) is 6.07 Å². The van der Waals surface area contributed by atoms with Crippen LogP contribution < -0.4 is 15.0 Å². The number of benzene rings is 1. The second-order valence-electron chi connectivity index (χ2n) is 5.06. The van der Waals surface area contributed by atoms with E-state index in [1.165, 1.54) is 14.2 Å². The van der Waals surface area contributed by atoms with Crippen LogP contribution in [0.5, 0.6) is 11.5 Å². The molecular formula is C16H20N2O5. The highest BCUT2D eigenvalue weighted by Crippen LogP contribution is 2.36. The molecule has 0 aliphatic rings. The third kappa shape index (κ3) is 3.39. The Morgan fingerprint density at radius 2 is 1.91 bits per heavy atom. The van der Waals surface area contributed by atoms with Gasteiger partial charge in [-0.15, -0.1) is 0 Å². The lowest BCUT2D eigenvalue weighted by Gasteiger charge is -2.19. The smallest absolute Gasteiger partial charge is 0.306 e. The Morgan fingerprint density at radius 1 is 1.17 bits per heavy atom. The van der Waals surface area contributed by atoms with Gasteiger partial charge in [0.25, 0.3) is 5.56 Å². The molecule has 1 aromatic carbocycles. The van der Waals surface area contributed by atoms with Crippen molar-refractivity contribution in [2.45, 2.75) is 19.3 Å². The fourth-order valence-electron chi connectivity index (χ4n) is 2.60. The molecule has 7 nitrogen and oxygen atoms in total. The summed E-state index contributed by atoms with van der Waals surface area (Å²) in [6.45, 7) is 1.77. The van der Waals surface area contributed by atoms with Crippen molar-refractivity contribution in [2.75, 3.05) is 21.3 Å². The Balaban J connectivity index is 2.58. The molecule has 0 fully saturated rings. The van der Waals surface area contributed by atoms with Crippen LogP contribution in [-0.2, 0) is 9.53 Å². The van der Waals surface area contributed by atoms with Crippen LogP contribution in [0.4, 0.5) is 0 Å². The minimum Gasteiger partial charge on any atom is -0.497 e. The van der Waals surface area contributed by atoms with Gasteiger partial charge in [0, 0.05) is 28.8 Å². The number of rotatable bonds is 6. The number of hydrogen-bond acceptors (Lipinski definition) is 5. The van der Waals surface area contributed by atoms with Crippen LogP contribution in [0.25, 0.3) is 0 Å². The van der Waals surface area contributed by atoms with E-state index in [0.717, 1.165) is 0 Å². The van der Waals surface area contributed by atoms with Gasteiger partial charge in [-0.2, -0.15) is 0 Å². The molecule has 0 radical (unpaired) electrons. The number of ether oxygens (including phenoxy) is 3. The van der Waals surface area contributed by atoms with E-state index >= 15 is 0 Å².